The fourth-order valence-electron chi connectivity index (χ4n) is 4.40. The van der Waals surface area contributed by atoms with Crippen LogP contribution in [0.25, 0.3) is 0 Å². The van der Waals surface area contributed by atoms with E-state index in [0.29, 0.717) is 30.6 Å². The van der Waals surface area contributed by atoms with Crippen LogP contribution in [-0.2, 0) is 11.2 Å². The first-order chi connectivity index (χ1) is 16.7. The van der Waals surface area contributed by atoms with Crippen molar-refractivity contribution in [3.05, 3.63) is 76.7 Å². The molecule has 2 fully saturated rings. The Morgan fingerprint density at radius 1 is 0.912 bits per heavy atom. The highest BCUT2D eigenvalue weighted by Crippen LogP contribution is 2.23. The summed E-state index contributed by atoms with van der Waals surface area (Å²) in [7, 11) is 0. The number of amides is 2. The maximum absolute atomic E-state index is 12.6. The Morgan fingerprint density at radius 2 is 1.62 bits per heavy atom. The van der Waals surface area contributed by atoms with Crippen molar-refractivity contribution in [3.63, 3.8) is 0 Å². The number of hydrogen-bond acceptors (Lipinski definition) is 6. The second-order valence-corrected chi connectivity index (χ2v) is 9.57. The lowest BCUT2D eigenvalue weighted by molar-refractivity contribution is -0.139. The van der Waals surface area contributed by atoms with Gasteiger partial charge in [0.05, 0.1) is 0 Å². The van der Waals surface area contributed by atoms with Gasteiger partial charge in [-0.05, 0) is 36.2 Å². The number of ether oxygens (including phenoxy) is 1. The molecule has 0 spiro atoms. The van der Waals surface area contributed by atoms with Crippen LogP contribution >= 0.6 is 11.3 Å². The van der Waals surface area contributed by atoms with Crippen LogP contribution in [0.5, 0.6) is 11.5 Å². The molecule has 2 amide bonds. The molecule has 0 N–H and O–H groups in total. The number of carbonyl (C=O) groups is 2. The molecule has 2 aromatic carbocycles. The summed E-state index contributed by atoms with van der Waals surface area (Å²) in [5.74, 6) is 1.84. The molecule has 0 bridgehead atoms. The van der Waals surface area contributed by atoms with E-state index in [1.807, 2.05) is 69.8 Å². The van der Waals surface area contributed by atoms with Gasteiger partial charge < -0.3 is 14.5 Å². The third-order valence-corrected chi connectivity index (χ3v) is 7.24. The molecule has 34 heavy (non-hydrogen) atoms. The van der Waals surface area contributed by atoms with E-state index in [-0.39, 0.29) is 11.8 Å². The van der Waals surface area contributed by atoms with Crippen molar-refractivity contribution in [2.45, 2.75) is 18.9 Å². The Bertz CT molecular complexity index is 1090. The molecule has 3 aromatic rings. The molecule has 0 unspecified atom stereocenters. The second-order valence-electron chi connectivity index (χ2n) is 8.68. The van der Waals surface area contributed by atoms with Crippen LogP contribution in [0.2, 0.25) is 0 Å². The van der Waals surface area contributed by atoms with Crippen LogP contribution in [0.15, 0.2) is 66.2 Å². The first-order valence-electron chi connectivity index (χ1n) is 11.7. The van der Waals surface area contributed by atoms with E-state index >= 15 is 0 Å². The summed E-state index contributed by atoms with van der Waals surface area (Å²) in [5, 5.41) is 2.39. The van der Waals surface area contributed by atoms with Gasteiger partial charge in [0.1, 0.15) is 11.5 Å². The lowest BCUT2D eigenvalue weighted by Gasteiger charge is -2.48. The topological polar surface area (TPSA) is 66.0 Å². The first kappa shape index (κ1) is 22.6. The van der Waals surface area contributed by atoms with Gasteiger partial charge in [-0.2, -0.15) is 0 Å². The molecule has 0 saturated carbocycles. The predicted molar refractivity (Wildman–Crippen MR) is 131 cm³/mol. The van der Waals surface area contributed by atoms with E-state index in [9.17, 15) is 9.59 Å². The number of piperazine rings is 1. The zero-order valence-corrected chi connectivity index (χ0v) is 19.8. The van der Waals surface area contributed by atoms with Crippen molar-refractivity contribution in [2.75, 3.05) is 39.3 Å². The SMILES string of the molecule is O=C(CCc1ccc(Oc2ccccc2)cc1)N1CC(N2CCN(C(=O)c3nccs3)CC2)C1. The third kappa shape index (κ3) is 5.29. The fourth-order valence-corrected chi connectivity index (χ4v) is 5.00. The van der Waals surface area contributed by atoms with Gasteiger partial charge in [0.25, 0.3) is 5.91 Å². The van der Waals surface area contributed by atoms with Crippen molar-refractivity contribution in [3.8, 4) is 11.5 Å². The number of benzene rings is 2. The number of hydrogen-bond donors (Lipinski definition) is 0. The first-order valence-corrected chi connectivity index (χ1v) is 12.6. The molecule has 176 valence electrons. The zero-order valence-electron chi connectivity index (χ0n) is 19.0. The number of carbonyl (C=O) groups excluding carboxylic acids is 2. The molecule has 8 heteroatoms. The minimum atomic E-state index is 0.0275. The van der Waals surface area contributed by atoms with Gasteiger partial charge in [-0.1, -0.05) is 30.3 Å². The Balaban J connectivity index is 1.02. The van der Waals surface area contributed by atoms with Gasteiger partial charge >= 0.3 is 0 Å². The summed E-state index contributed by atoms with van der Waals surface area (Å²) in [6, 6.07) is 18.0. The molecular formula is C26H28N4O3S. The average molecular weight is 477 g/mol. The number of aromatic nitrogens is 1. The van der Waals surface area contributed by atoms with E-state index < -0.39 is 0 Å². The van der Waals surface area contributed by atoms with Gasteiger partial charge in [-0.25, -0.2) is 4.98 Å². The predicted octanol–water partition coefficient (Wildman–Crippen LogP) is 3.54. The Kier molecular flexibility index (Phi) is 6.87. The van der Waals surface area contributed by atoms with Gasteiger partial charge in [0.2, 0.25) is 5.91 Å². The van der Waals surface area contributed by atoms with Crippen LogP contribution in [0.3, 0.4) is 0 Å². The Hall–Kier alpha value is -3.23. The highest BCUT2D eigenvalue weighted by molar-refractivity contribution is 7.11. The summed E-state index contributed by atoms with van der Waals surface area (Å²) in [6.07, 6.45) is 2.91. The second kappa shape index (κ2) is 10.4. The number of likely N-dealkylation sites (tertiary alicyclic amines) is 1. The molecule has 2 aliphatic heterocycles. The van der Waals surface area contributed by atoms with Gasteiger partial charge in [-0.3, -0.25) is 14.5 Å². The van der Waals surface area contributed by atoms with Crippen molar-refractivity contribution in [1.29, 1.82) is 0 Å². The van der Waals surface area contributed by atoms with E-state index in [1.54, 1.807) is 6.20 Å². The number of para-hydroxylation sites is 1. The molecule has 7 nitrogen and oxygen atoms in total. The Labute approximate surface area is 203 Å². The lowest BCUT2D eigenvalue weighted by atomic mass is 10.0. The number of aryl methyl sites for hydroxylation is 1. The monoisotopic (exact) mass is 476 g/mol. The smallest absolute Gasteiger partial charge is 0.282 e. The molecule has 0 aliphatic carbocycles. The third-order valence-electron chi connectivity index (χ3n) is 6.48. The number of rotatable bonds is 7. The quantitative estimate of drug-likeness (QED) is 0.522. The summed E-state index contributed by atoms with van der Waals surface area (Å²) in [4.78, 5) is 35.4. The largest absolute Gasteiger partial charge is 0.457 e. The molecule has 1 aromatic heterocycles. The highest BCUT2D eigenvalue weighted by atomic mass is 32.1. The standard InChI is InChI=1S/C26H28N4O3S/c31-24(11-8-20-6-9-23(10-7-20)33-22-4-2-1-3-5-22)30-18-21(19-30)28-13-15-29(16-14-28)26(32)25-27-12-17-34-25/h1-7,9-10,12,17,21H,8,11,13-16,18-19H2. The van der Waals surface area contributed by atoms with Crippen molar-refractivity contribution in [2.24, 2.45) is 0 Å². The van der Waals surface area contributed by atoms with Gasteiger partial charge in [0.15, 0.2) is 5.01 Å². The molecule has 5 rings (SSSR count). The van der Waals surface area contributed by atoms with Crippen LogP contribution in [-0.4, -0.2) is 76.8 Å². The molecule has 2 aliphatic rings. The highest BCUT2D eigenvalue weighted by Gasteiger charge is 2.36. The minimum absolute atomic E-state index is 0.0275. The zero-order chi connectivity index (χ0) is 23.3. The van der Waals surface area contributed by atoms with E-state index in [0.717, 1.165) is 49.7 Å². The van der Waals surface area contributed by atoms with Crippen LogP contribution in [0.4, 0.5) is 0 Å². The van der Waals surface area contributed by atoms with Crippen LogP contribution in [0, 0.1) is 0 Å². The van der Waals surface area contributed by atoms with Crippen LogP contribution < -0.4 is 4.74 Å². The number of thiazole rings is 1. The van der Waals surface area contributed by atoms with E-state index in [1.165, 1.54) is 11.3 Å². The summed E-state index contributed by atoms with van der Waals surface area (Å²) in [6.45, 7) is 4.69. The molecule has 2 saturated heterocycles. The lowest BCUT2D eigenvalue weighted by Crippen LogP contribution is -2.64. The summed E-state index contributed by atoms with van der Waals surface area (Å²) >= 11 is 1.39. The number of nitrogens with zero attached hydrogens (tertiary/aromatic N) is 4. The average Bonchev–Trinajstić information content (AvgIpc) is 3.38. The van der Waals surface area contributed by atoms with Crippen LogP contribution in [0.1, 0.15) is 21.8 Å². The van der Waals surface area contributed by atoms with Crippen molar-refractivity contribution in [1.82, 2.24) is 19.7 Å². The minimum Gasteiger partial charge on any atom is -0.457 e. The Morgan fingerprint density at radius 3 is 2.29 bits per heavy atom. The summed E-state index contributed by atoms with van der Waals surface area (Å²) in [5.41, 5.74) is 1.13. The summed E-state index contributed by atoms with van der Waals surface area (Å²) < 4.78 is 5.83. The molecule has 0 atom stereocenters. The maximum Gasteiger partial charge on any atom is 0.282 e. The van der Waals surface area contributed by atoms with Gasteiger partial charge in [0, 0.05) is 63.3 Å². The van der Waals surface area contributed by atoms with E-state index in [2.05, 4.69) is 9.88 Å². The normalized spacial score (nSPS) is 16.8. The molecule has 0 radical (unpaired) electrons. The van der Waals surface area contributed by atoms with Gasteiger partial charge in [-0.15, -0.1) is 11.3 Å². The van der Waals surface area contributed by atoms with Crippen molar-refractivity contribution >= 4 is 23.2 Å². The maximum atomic E-state index is 12.6. The fraction of sp³-hybridized carbons (Fsp3) is 0.346. The van der Waals surface area contributed by atoms with Crippen molar-refractivity contribution < 1.29 is 14.3 Å². The molecular weight excluding hydrogens is 448 g/mol. The van der Waals surface area contributed by atoms with E-state index in [4.69, 9.17) is 4.74 Å². The molecule has 3 heterocycles.